The molecule has 15 heavy (non-hydrogen) atoms. The van der Waals surface area contributed by atoms with Crippen molar-refractivity contribution in [3.05, 3.63) is 34.3 Å². The smallest absolute Gasteiger partial charge is 0.0435 e. The van der Waals surface area contributed by atoms with Crippen molar-refractivity contribution in [3.8, 4) is 0 Å². The van der Waals surface area contributed by atoms with Crippen molar-refractivity contribution >= 4 is 24.0 Å². The van der Waals surface area contributed by atoms with E-state index in [1.165, 1.54) is 18.4 Å². The molecule has 0 heterocycles. The lowest BCUT2D eigenvalue weighted by molar-refractivity contribution is 0.597. The Morgan fingerprint density at radius 2 is 2.13 bits per heavy atom. The molecule has 3 heteroatoms. The van der Waals surface area contributed by atoms with Crippen LogP contribution in [0.25, 0.3) is 0 Å². The van der Waals surface area contributed by atoms with Crippen LogP contribution in [0.1, 0.15) is 36.4 Å². The molecule has 84 valence electrons. The first-order chi connectivity index (χ1) is 6.66. The van der Waals surface area contributed by atoms with Crippen LogP contribution in [0.5, 0.6) is 0 Å². The molecule has 2 N–H and O–H groups in total. The Labute approximate surface area is 102 Å². The van der Waals surface area contributed by atoms with Crippen LogP contribution in [-0.4, -0.2) is 0 Å². The van der Waals surface area contributed by atoms with Crippen molar-refractivity contribution in [2.75, 3.05) is 0 Å². The van der Waals surface area contributed by atoms with E-state index in [1.54, 1.807) is 0 Å². The molecule has 1 nitrogen and oxygen atoms in total. The first-order valence-electron chi connectivity index (χ1n) is 5.18. The zero-order valence-electron chi connectivity index (χ0n) is 8.87. The highest BCUT2D eigenvalue weighted by atomic mass is 35.5. The van der Waals surface area contributed by atoms with Gasteiger partial charge in [-0.05, 0) is 36.5 Å². The first kappa shape index (κ1) is 12.8. The Hall–Kier alpha value is -0.240. The molecule has 0 aromatic heterocycles. The molecular weight excluding hydrogens is 229 g/mol. The van der Waals surface area contributed by atoms with Gasteiger partial charge in [-0.3, -0.25) is 0 Å². The fraction of sp³-hybridized carbons (Fsp3) is 0.500. The standard InChI is InChI=1S/C12H16ClN.ClH/c1-8-6-10(4-5-11(8)13)12(14)7-9-2-3-9;/h4-6,9,12H,2-3,7,14H2,1H3;1H/t12-;/m0./s1. The summed E-state index contributed by atoms with van der Waals surface area (Å²) >= 11 is 5.96. The van der Waals surface area contributed by atoms with E-state index in [2.05, 4.69) is 6.07 Å². The first-order valence-corrected chi connectivity index (χ1v) is 5.56. The third kappa shape index (κ3) is 3.37. The van der Waals surface area contributed by atoms with Gasteiger partial charge in [0.05, 0.1) is 0 Å². The summed E-state index contributed by atoms with van der Waals surface area (Å²) in [5.41, 5.74) is 8.45. The van der Waals surface area contributed by atoms with Crippen LogP contribution in [-0.2, 0) is 0 Å². The van der Waals surface area contributed by atoms with Gasteiger partial charge in [0.2, 0.25) is 0 Å². The molecule has 1 saturated carbocycles. The van der Waals surface area contributed by atoms with Crippen LogP contribution >= 0.6 is 24.0 Å². The highest BCUT2D eigenvalue weighted by molar-refractivity contribution is 6.31. The Balaban J connectivity index is 0.00000112. The molecule has 2 rings (SSSR count). The second kappa shape index (κ2) is 5.20. The van der Waals surface area contributed by atoms with Crippen LogP contribution in [0.4, 0.5) is 0 Å². The minimum atomic E-state index is 0. The molecule has 1 atom stereocenters. The number of aryl methyl sites for hydroxylation is 1. The third-order valence-corrected chi connectivity index (χ3v) is 3.32. The van der Waals surface area contributed by atoms with Gasteiger partial charge in [-0.15, -0.1) is 12.4 Å². The highest BCUT2D eigenvalue weighted by Crippen LogP contribution is 2.37. The van der Waals surface area contributed by atoms with Crippen LogP contribution in [0, 0.1) is 12.8 Å². The Bertz CT molecular complexity index is 334. The molecular formula is C12H17Cl2N. The summed E-state index contributed by atoms with van der Waals surface area (Å²) in [7, 11) is 0. The van der Waals surface area contributed by atoms with E-state index in [9.17, 15) is 0 Å². The molecule has 0 aliphatic heterocycles. The number of nitrogens with two attached hydrogens (primary N) is 1. The van der Waals surface area contributed by atoms with Gasteiger partial charge in [-0.25, -0.2) is 0 Å². The second-order valence-electron chi connectivity index (χ2n) is 4.29. The van der Waals surface area contributed by atoms with Gasteiger partial charge in [0.25, 0.3) is 0 Å². The second-order valence-corrected chi connectivity index (χ2v) is 4.70. The van der Waals surface area contributed by atoms with Crippen molar-refractivity contribution in [2.24, 2.45) is 11.7 Å². The Morgan fingerprint density at radius 3 is 2.67 bits per heavy atom. The molecule has 1 aliphatic rings. The number of halogens is 2. The van der Waals surface area contributed by atoms with Crippen LogP contribution in [0.15, 0.2) is 18.2 Å². The maximum Gasteiger partial charge on any atom is 0.0435 e. The number of rotatable bonds is 3. The van der Waals surface area contributed by atoms with Gasteiger partial charge in [0, 0.05) is 11.1 Å². The van der Waals surface area contributed by atoms with Gasteiger partial charge in [0.1, 0.15) is 0 Å². The third-order valence-electron chi connectivity index (χ3n) is 2.89. The molecule has 1 aromatic carbocycles. The molecule has 1 fully saturated rings. The number of hydrogen-bond donors (Lipinski definition) is 1. The molecule has 1 aromatic rings. The van der Waals surface area contributed by atoms with E-state index in [0.717, 1.165) is 22.9 Å². The average molecular weight is 246 g/mol. The fourth-order valence-electron chi connectivity index (χ4n) is 1.75. The molecule has 1 aliphatic carbocycles. The van der Waals surface area contributed by atoms with E-state index < -0.39 is 0 Å². The van der Waals surface area contributed by atoms with E-state index in [4.69, 9.17) is 17.3 Å². The van der Waals surface area contributed by atoms with Crippen LogP contribution < -0.4 is 5.73 Å². The zero-order chi connectivity index (χ0) is 10.1. The lowest BCUT2D eigenvalue weighted by atomic mass is 10.0. The minimum Gasteiger partial charge on any atom is -0.324 e. The summed E-state index contributed by atoms with van der Waals surface area (Å²) in [5.74, 6) is 0.876. The van der Waals surface area contributed by atoms with Gasteiger partial charge in [-0.2, -0.15) is 0 Å². The van der Waals surface area contributed by atoms with Gasteiger partial charge in [-0.1, -0.05) is 36.6 Å². The van der Waals surface area contributed by atoms with E-state index in [0.29, 0.717) is 0 Å². The number of hydrogen-bond acceptors (Lipinski definition) is 1. The maximum atomic E-state index is 6.11. The van der Waals surface area contributed by atoms with Crippen molar-refractivity contribution in [1.82, 2.24) is 0 Å². The normalized spacial score (nSPS) is 17.0. The Kier molecular flexibility index (Phi) is 4.45. The lowest BCUT2D eigenvalue weighted by Gasteiger charge is -2.12. The van der Waals surface area contributed by atoms with E-state index >= 15 is 0 Å². The quantitative estimate of drug-likeness (QED) is 0.860. The highest BCUT2D eigenvalue weighted by Gasteiger charge is 2.24. The summed E-state index contributed by atoms with van der Waals surface area (Å²) in [5, 5.41) is 0.826. The van der Waals surface area contributed by atoms with E-state index in [-0.39, 0.29) is 18.4 Å². The summed E-state index contributed by atoms with van der Waals surface area (Å²) in [6.45, 7) is 2.02. The van der Waals surface area contributed by atoms with E-state index in [1.807, 2.05) is 19.1 Å². The topological polar surface area (TPSA) is 26.0 Å². The Morgan fingerprint density at radius 1 is 1.47 bits per heavy atom. The summed E-state index contributed by atoms with van der Waals surface area (Å²) in [4.78, 5) is 0. The molecule has 0 amide bonds. The predicted molar refractivity (Wildman–Crippen MR) is 67.7 cm³/mol. The van der Waals surface area contributed by atoms with Gasteiger partial charge >= 0.3 is 0 Å². The van der Waals surface area contributed by atoms with Gasteiger partial charge in [0.15, 0.2) is 0 Å². The van der Waals surface area contributed by atoms with Crippen LogP contribution in [0.2, 0.25) is 5.02 Å². The average Bonchev–Trinajstić information content (AvgIpc) is 2.93. The molecule has 0 unspecified atom stereocenters. The van der Waals surface area contributed by atoms with Crippen molar-refractivity contribution in [3.63, 3.8) is 0 Å². The summed E-state index contributed by atoms with van der Waals surface area (Å²) in [6.07, 6.45) is 3.85. The minimum absolute atomic E-state index is 0. The summed E-state index contributed by atoms with van der Waals surface area (Å²) in [6, 6.07) is 6.29. The predicted octanol–water partition coefficient (Wildman–Crippen LogP) is 3.87. The lowest BCUT2D eigenvalue weighted by Crippen LogP contribution is -2.11. The molecule has 0 saturated heterocycles. The monoisotopic (exact) mass is 245 g/mol. The fourth-order valence-corrected chi connectivity index (χ4v) is 1.86. The molecule has 0 radical (unpaired) electrons. The molecule has 0 bridgehead atoms. The SMILES string of the molecule is Cc1cc([C@@H](N)CC2CC2)ccc1Cl.Cl. The number of benzene rings is 1. The van der Waals surface area contributed by atoms with Crippen LogP contribution in [0.3, 0.4) is 0 Å². The van der Waals surface area contributed by atoms with Crippen molar-refractivity contribution in [2.45, 2.75) is 32.2 Å². The zero-order valence-corrected chi connectivity index (χ0v) is 10.4. The van der Waals surface area contributed by atoms with Crippen molar-refractivity contribution in [1.29, 1.82) is 0 Å². The largest absolute Gasteiger partial charge is 0.324 e. The van der Waals surface area contributed by atoms with Gasteiger partial charge < -0.3 is 5.73 Å². The maximum absolute atomic E-state index is 6.11. The summed E-state index contributed by atoms with van der Waals surface area (Å²) < 4.78 is 0. The van der Waals surface area contributed by atoms with Crippen molar-refractivity contribution < 1.29 is 0 Å². The molecule has 0 spiro atoms.